The Labute approximate surface area is 145 Å². The van der Waals surface area contributed by atoms with Crippen LogP contribution in [0.5, 0.6) is 0 Å². The van der Waals surface area contributed by atoms with Crippen molar-refractivity contribution < 1.29 is 0 Å². The van der Waals surface area contributed by atoms with Gasteiger partial charge in [0.2, 0.25) is 0 Å². The molecular weight excluding hydrogens is 292 g/mol. The van der Waals surface area contributed by atoms with Crippen LogP contribution in [0.2, 0.25) is 0 Å². The van der Waals surface area contributed by atoms with Crippen molar-refractivity contribution in [2.75, 3.05) is 11.9 Å². The summed E-state index contributed by atoms with van der Waals surface area (Å²) >= 11 is 0. The van der Waals surface area contributed by atoms with E-state index in [9.17, 15) is 0 Å². The predicted octanol–water partition coefficient (Wildman–Crippen LogP) is 4.92. The summed E-state index contributed by atoms with van der Waals surface area (Å²) in [5, 5.41) is 3.63. The molecule has 0 saturated heterocycles. The molecule has 0 bridgehead atoms. The van der Waals surface area contributed by atoms with Gasteiger partial charge >= 0.3 is 0 Å². The van der Waals surface area contributed by atoms with Gasteiger partial charge in [0.25, 0.3) is 0 Å². The Morgan fingerprint density at radius 2 is 1.96 bits per heavy atom. The number of aliphatic imine (C=N–C) groups is 1. The number of nitrogens with one attached hydrogen (secondary N) is 1. The second kappa shape index (κ2) is 6.43. The van der Waals surface area contributed by atoms with E-state index >= 15 is 0 Å². The van der Waals surface area contributed by atoms with Crippen LogP contribution in [0.1, 0.15) is 47.6 Å². The molecule has 2 aliphatic rings. The minimum atomic E-state index is 0.681. The maximum Gasteiger partial charge on any atom is 0.0643 e. The number of anilines is 1. The molecule has 0 saturated carbocycles. The Morgan fingerprint density at radius 1 is 1.12 bits per heavy atom. The van der Waals surface area contributed by atoms with E-state index in [1.807, 2.05) is 0 Å². The highest BCUT2D eigenvalue weighted by atomic mass is 14.9. The van der Waals surface area contributed by atoms with Gasteiger partial charge < -0.3 is 5.32 Å². The SMILES string of the molecule is Cc1cc2c(c3c1NCCC3)CC(C)CC2=NCc1ccccc1. The zero-order valence-corrected chi connectivity index (χ0v) is 14.7. The van der Waals surface area contributed by atoms with E-state index in [0.717, 1.165) is 19.5 Å². The van der Waals surface area contributed by atoms with Gasteiger partial charge in [0.15, 0.2) is 0 Å². The Balaban J connectivity index is 1.75. The number of fused-ring (bicyclic) bond motifs is 3. The highest BCUT2D eigenvalue weighted by Gasteiger charge is 2.26. The Morgan fingerprint density at radius 3 is 2.79 bits per heavy atom. The van der Waals surface area contributed by atoms with Gasteiger partial charge in [-0.25, -0.2) is 0 Å². The summed E-state index contributed by atoms with van der Waals surface area (Å²) in [6, 6.07) is 13.0. The lowest BCUT2D eigenvalue weighted by atomic mass is 9.78. The van der Waals surface area contributed by atoms with Crippen LogP contribution >= 0.6 is 0 Å². The highest BCUT2D eigenvalue weighted by molar-refractivity contribution is 6.04. The number of hydrogen-bond donors (Lipinski definition) is 1. The van der Waals surface area contributed by atoms with E-state index in [4.69, 9.17) is 4.99 Å². The molecular formula is C22H26N2. The second-order valence-corrected chi connectivity index (χ2v) is 7.37. The second-order valence-electron chi connectivity index (χ2n) is 7.37. The lowest BCUT2D eigenvalue weighted by molar-refractivity contribution is 0.585. The lowest BCUT2D eigenvalue weighted by Gasteiger charge is -2.31. The summed E-state index contributed by atoms with van der Waals surface area (Å²) in [4.78, 5) is 5.03. The maximum absolute atomic E-state index is 5.03. The van der Waals surface area contributed by atoms with E-state index in [-0.39, 0.29) is 0 Å². The fraction of sp³-hybridized carbons (Fsp3) is 0.409. The first kappa shape index (κ1) is 15.4. The molecule has 24 heavy (non-hydrogen) atoms. The van der Waals surface area contributed by atoms with Crippen LogP contribution in [0.4, 0.5) is 5.69 Å². The molecule has 1 N–H and O–H groups in total. The average molecular weight is 318 g/mol. The first-order chi connectivity index (χ1) is 11.7. The minimum absolute atomic E-state index is 0.681. The number of hydrogen-bond acceptors (Lipinski definition) is 2. The zero-order valence-electron chi connectivity index (χ0n) is 14.7. The summed E-state index contributed by atoms with van der Waals surface area (Å²) in [6.07, 6.45) is 4.76. The van der Waals surface area contributed by atoms with E-state index in [0.29, 0.717) is 5.92 Å². The zero-order chi connectivity index (χ0) is 16.5. The topological polar surface area (TPSA) is 24.4 Å². The molecule has 2 aromatic rings. The van der Waals surface area contributed by atoms with Crippen LogP contribution in [0.25, 0.3) is 0 Å². The third-order valence-electron chi connectivity index (χ3n) is 5.35. The molecule has 0 amide bonds. The van der Waals surface area contributed by atoms with Crippen LogP contribution in [0.3, 0.4) is 0 Å². The first-order valence-electron chi connectivity index (χ1n) is 9.19. The Hall–Kier alpha value is -2.09. The molecule has 1 unspecified atom stereocenters. The molecule has 1 aliphatic heterocycles. The van der Waals surface area contributed by atoms with Gasteiger partial charge in [0.05, 0.1) is 6.54 Å². The van der Waals surface area contributed by atoms with Gasteiger partial charge in [0.1, 0.15) is 0 Å². The fourth-order valence-electron chi connectivity index (χ4n) is 4.20. The molecule has 0 radical (unpaired) electrons. The van der Waals surface area contributed by atoms with Crippen molar-refractivity contribution >= 4 is 11.4 Å². The van der Waals surface area contributed by atoms with E-state index in [2.05, 4.69) is 55.6 Å². The molecule has 1 atom stereocenters. The van der Waals surface area contributed by atoms with Gasteiger partial charge in [0, 0.05) is 17.9 Å². The molecule has 2 aromatic carbocycles. The quantitative estimate of drug-likeness (QED) is 0.834. The normalized spacial score (nSPS) is 21.1. The largest absolute Gasteiger partial charge is 0.385 e. The number of aryl methyl sites for hydroxylation is 1. The summed E-state index contributed by atoms with van der Waals surface area (Å²) in [5.41, 5.74) is 9.93. The minimum Gasteiger partial charge on any atom is -0.385 e. The van der Waals surface area contributed by atoms with Gasteiger partial charge in [-0.15, -0.1) is 0 Å². The van der Waals surface area contributed by atoms with Crippen molar-refractivity contribution in [3.05, 3.63) is 64.2 Å². The molecule has 0 spiro atoms. The molecule has 0 fully saturated rings. The van der Waals surface area contributed by atoms with Gasteiger partial charge in [-0.05, 0) is 72.4 Å². The standard InChI is InChI=1S/C22H26N2/c1-15-11-19-18-9-6-10-23-22(18)16(2)13-20(19)21(12-15)24-14-17-7-4-3-5-8-17/h3-5,7-8,13,15,23H,6,9-12,14H2,1-2H3. The van der Waals surface area contributed by atoms with Crippen LogP contribution in [0.15, 0.2) is 41.4 Å². The molecule has 124 valence electrons. The third-order valence-corrected chi connectivity index (χ3v) is 5.35. The Kier molecular flexibility index (Phi) is 4.13. The summed E-state index contributed by atoms with van der Waals surface area (Å²) in [7, 11) is 0. The number of benzene rings is 2. The van der Waals surface area contributed by atoms with E-state index in [1.54, 1.807) is 11.1 Å². The molecule has 1 aliphatic carbocycles. The highest BCUT2D eigenvalue weighted by Crippen LogP contribution is 2.37. The van der Waals surface area contributed by atoms with Crippen molar-refractivity contribution in [2.45, 2.75) is 46.1 Å². The molecule has 4 rings (SSSR count). The molecule has 2 heteroatoms. The number of nitrogens with zero attached hydrogens (tertiary/aromatic N) is 1. The van der Waals surface area contributed by atoms with Crippen molar-refractivity contribution in [1.29, 1.82) is 0 Å². The molecule has 0 aromatic heterocycles. The monoisotopic (exact) mass is 318 g/mol. The predicted molar refractivity (Wildman–Crippen MR) is 102 cm³/mol. The van der Waals surface area contributed by atoms with Gasteiger partial charge in [-0.2, -0.15) is 0 Å². The van der Waals surface area contributed by atoms with Crippen LogP contribution in [0, 0.1) is 12.8 Å². The van der Waals surface area contributed by atoms with Crippen LogP contribution < -0.4 is 5.32 Å². The van der Waals surface area contributed by atoms with Crippen molar-refractivity contribution in [3.63, 3.8) is 0 Å². The van der Waals surface area contributed by atoms with E-state index in [1.165, 1.54) is 47.4 Å². The Bertz CT molecular complexity index is 774. The van der Waals surface area contributed by atoms with E-state index < -0.39 is 0 Å². The first-order valence-corrected chi connectivity index (χ1v) is 9.19. The molecule has 2 nitrogen and oxygen atoms in total. The smallest absolute Gasteiger partial charge is 0.0643 e. The fourth-order valence-corrected chi connectivity index (χ4v) is 4.20. The van der Waals surface area contributed by atoms with Gasteiger partial charge in [-0.3, -0.25) is 4.99 Å². The van der Waals surface area contributed by atoms with Crippen molar-refractivity contribution in [1.82, 2.24) is 0 Å². The maximum atomic E-state index is 5.03. The third kappa shape index (κ3) is 2.86. The summed E-state index contributed by atoms with van der Waals surface area (Å²) in [5.74, 6) is 0.681. The van der Waals surface area contributed by atoms with Crippen molar-refractivity contribution in [2.24, 2.45) is 10.9 Å². The van der Waals surface area contributed by atoms with Crippen molar-refractivity contribution in [3.8, 4) is 0 Å². The van der Waals surface area contributed by atoms with Crippen LogP contribution in [-0.2, 0) is 19.4 Å². The number of rotatable bonds is 2. The van der Waals surface area contributed by atoms with Gasteiger partial charge in [-0.1, -0.05) is 37.3 Å². The lowest BCUT2D eigenvalue weighted by Crippen LogP contribution is -2.24. The molecule has 1 heterocycles. The average Bonchev–Trinajstić information content (AvgIpc) is 2.62. The van der Waals surface area contributed by atoms with Crippen LogP contribution in [-0.4, -0.2) is 12.3 Å². The summed E-state index contributed by atoms with van der Waals surface area (Å²) < 4.78 is 0. The summed E-state index contributed by atoms with van der Waals surface area (Å²) in [6.45, 7) is 6.50.